The van der Waals surface area contributed by atoms with Crippen molar-refractivity contribution >= 4 is 17.5 Å². The van der Waals surface area contributed by atoms with Crippen LogP contribution in [0.15, 0.2) is 146 Å². The van der Waals surface area contributed by atoms with Crippen LogP contribution in [0.4, 0.5) is 5.69 Å². The van der Waals surface area contributed by atoms with Gasteiger partial charge in [-0.2, -0.15) is 0 Å². The van der Waals surface area contributed by atoms with Crippen molar-refractivity contribution in [3.8, 4) is 0 Å². The van der Waals surface area contributed by atoms with Gasteiger partial charge in [0, 0.05) is 12.1 Å². The van der Waals surface area contributed by atoms with Crippen molar-refractivity contribution in [2.75, 3.05) is 0 Å². The lowest BCUT2D eigenvalue weighted by atomic mass is 9.89. The molecule has 0 unspecified atom stereocenters. The molecule has 0 aliphatic heterocycles. The van der Waals surface area contributed by atoms with Crippen molar-refractivity contribution in [3.63, 3.8) is 0 Å². The third-order valence-corrected chi connectivity index (χ3v) is 7.07. The first-order valence-corrected chi connectivity index (χ1v) is 13.6. The van der Waals surface area contributed by atoms with Crippen LogP contribution in [0.5, 0.6) is 0 Å². The van der Waals surface area contributed by atoms with Crippen LogP contribution in [0.25, 0.3) is 0 Å². The smallest absolute Gasteiger partial charge is 0.269 e. The van der Waals surface area contributed by atoms with Crippen molar-refractivity contribution in [2.24, 2.45) is 0 Å². The zero-order chi connectivity index (χ0) is 29.3. The molecule has 0 fully saturated rings. The monoisotopic (exact) mass is 555 g/mol. The van der Waals surface area contributed by atoms with Gasteiger partial charge in [0.15, 0.2) is 0 Å². The van der Waals surface area contributed by atoms with Crippen molar-refractivity contribution in [3.05, 3.63) is 184 Å². The lowest BCUT2D eigenvalue weighted by Gasteiger charge is -2.27. The molecule has 7 heteroatoms. The van der Waals surface area contributed by atoms with Crippen LogP contribution >= 0.6 is 0 Å². The highest BCUT2D eigenvalue weighted by atomic mass is 16.6. The van der Waals surface area contributed by atoms with E-state index < -0.39 is 22.9 Å². The Balaban J connectivity index is 1.51. The molecule has 7 nitrogen and oxygen atoms in total. The lowest BCUT2D eigenvalue weighted by Crippen LogP contribution is -2.44. The molecule has 0 aromatic heterocycles. The van der Waals surface area contributed by atoms with Crippen molar-refractivity contribution in [1.82, 2.24) is 10.6 Å². The molecule has 5 aromatic rings. The quantitative estimate of drug-likeness (QED) is 0.117. The minimum atomic E-state index is -0.962. The molecule has 0 bridgehead atoms. The van der Waals surface area contributed by atoms with Gasteiger partial charge in [0.2, 0.25) is 11.8 Å². The predicted molar refractivity (Wildman–Crippen MR) is 162 cm³/mol. The fourth-order valence-electron chi connectivity index (χ4n) is 5.01. The molecule has 0 atom stereocenters. The number of benzene rings is 5. The standard InChI is InChI=1S/C35H29N3O4/c39-34(31(25-13-5-1-6-14-25)26-15-7-2-8-16-26)36-33(29-21-23-30(24-22-29)38(41)42)37-35(40)32(27-17-9-3-10-18-27)28-19-11-4-12-20-28/h1-24,31-33H,(H,36,39)(H,37,40). The molecule has 0 aliphatic carbocycles. The Kier molecular flexibility index (Phi) is 8.79. The first-order valence-electron chi connectivity index (χ1n) is 13.6. The van der Waals surface area contributed by atoms with E-state index in [-0.39, 0.29) is 17.5 Å². The maximum absolute atomic E-state index is 14.0. The summed E-state index contributed by atoms with van der Waals surface area (Å²) in [7, 11) is 0. The number of hydrogen-bond donors (Lipinski definition) is 2. The molecule has 0 heterocycles. The van der Waals surface area contributed by atoms with Crippen LogP contribution in [-0.2, 0) is 9.59 Å². The molecule has 5 rings (SSSR count). The van der Waals surface area contributed by atoms with Crippen LogP contribution in [0.2, 0.25) is 0 Å². The summed E-state index contributed by atoms with van der Waals surface area (Å²) in [6.07, 6.45) is -0.962. The Bertz CT molecular complexity index is 1450. The van der Waals surface area contributed by atoms with Crippen LogP contribution in [0.1, 0.15) is 45.8 Å². The van der Waals surface area contributed by atoms with E-state index in [1.807, 2.05) is 121 Å². The van der Waals surface area contributed by atoms with Crippen LogP contribution in [0.3, 0.4) is 0 Å². The van der Waals surface area contributed by atoms with Crippen LogP contribution in [-0.4, -0.2) is 16.7 Å². The molecule has 0 aliphatic rings. The van der Waals surface area contributed by atoms with Crippen molar-refractivity contribution in [2.45, 2.75) is 18.0 Å². The summed E-state index contributed by atoms with van der Waals surface area (Å²) in [5, 5.41) is 17.4. The fourth-order valence-corrected chi connectivity index (χ4v) is 5.01. The first kappa shape index (κ1) is 28.0. The highest BCUT2D eigenvalue weighted by Gasteiger charge is 2.29. The van der Waals surface area contributed by atoms with Crippen LogP contribution < -0.4 is 10.6 Å². The second-order valence-electron chi connectivity index (χ2n) is 9.81. The fraction of sp³-hybridized carbons (Fsp3) is 0.0857. The van der Waals surface area contributed by atoms with E-state index in [2.05, 4.69) is 10.6 Å². The topological polar surface area (TPSA) is 101 Å². The number of nitro groups is 1. The number of amides is 2. The summed E-state index contributed by atoms with van der Waals surface area (Å²) in [6, 6.07) is 43.4. The summed E-state index contributed by atoms with van der Waals surface area (Å²) in [4.78, 5) is 38.9. The Morgan fingerprint density at radius 1 is 0.476 bits per heavy atom. The number of nitro benzene ring substituents is 1. The number of carbonyl (C=O) groups is 2. The number of nitrogens with one attached hydrogen (secondary N) is 2. The summed E-state index contributed by atoms with van der Waals surface area (Å²) in [5.41, 5.74) is 3.58. The van der Waals surface area contributed by atoms with E-state index in [1.54, 1.807) is 12.1 Å². The SMILES string of the molecule is O=C(NC(NC(=O)C(c1ccccc1)c1ccccc1)c1ccc([N+](=O)[O-])cc1)C(c1ccccc1)c1ccccc1. The number of nitrogens with zero attached hydrogens (tertiary/aromatic N) is 1. The molecule has 2 N–H and O–H groups in total. The van der Waals surface area contributed by atoms with E-state index in [1.165, 1.54) is 12.1 Å². The van der Waals surface area contributed by atoms with Gasteiger partial charge >= 0.3 is 0 Å². The van der Waals surface area contributed by atoms with Gasteiger partial charge in [-0.15, -0.1) is 0 Å². The molecular formula is C35H29N3O4. The number of rotatable bonds is 10. The molecule has 208 valence electrons. The summed E-state index contributed by atoms with van der Waals surface area (Å²) in [6.45, 7) is 0. The average molecular weight is 556 g/mol. The molecule has 0 radical (unpaired) electrons. The van der Waals surface area contributed by atoms with Gasteiger partial charge in [-0.1, -0.05) is 121 Å². The minimum absolute atomic E-state index is 0.0898. The van der Waals surface area contributed by atoms with Crippen molar-refractivity contribution < 1.29 is 14.5 Å². The van der Waals surface area contributed by atoms with Gasteiger partial charge in [-0.05, 0) is 39.9 Å². The minimum Gasteiger partial charge on any atom is -0.331 e. The van der Waals surface area contributed by atoms with E-state index in [0.717, 1.165) is 22.3 Å². The summed E-state index contributed by atoms with van der Waals surface area (Å²) >= 11 is 0. The second kappa shape index (κ2) is 13.2. The average Bonchev–Trinajstić information content (AvgIpc) is 3.03. The zero-order valence-corrected chi connectivity index (χ0v) is 22.7. The van der Waals surface area contributed by atoms with Gasteiger partial charge in [0.05, 0.1) is 16.8 Å². The van der Waals surface area contributed by atoms with E-state index in [4.69, 9.17) is 0 Å². The molecule has 5 aromatic carbocycles. The molecule has 42 heavy (non-hydrogen) atoms. The third-order valence-electron chi connectivity index (χ3n) is 7.07. The van der Waals surface area contributed by atoms with Crippen molar-refractivity contribution in [1.29, 1.82) is 0 Å². The van der Waals surface area contributed by atoms with Gasteiger partial charge in [-0.25, -0.2) is 0 Å². The first-order chi connectivity index (χ1) is 20.5. The van der Waals surface area contributed by atoms with E-state index >= 15 is 0 Å². The zero-order valence-electron chi connectivity index (χ0n) is 22.7. The Morgan fingerprint density at radius 3 is 1.07 bits per heavy atom. The molecule has 0 spiro atoms. The van der Waals surface area contributed by atoms with Gasteiger partial charge in [-0.3, -0.25) is 19.7 Å². The maximum atomic E-state index is 14.0. The Morgan fingerprint density at radius 2 is 0.786 bits per heavy atom. The van der Waals surface area contributed by atoms with E-state index in [9.17, 15) is 19.7 Å². The molecular weight excluding hydrogens is 526 g/mol. The van der Waals surface area contributed by atoms with Crippen LogP contribution in [0, 0.1) is 10.1 Å². The Labute approximate surface area is 244 Å². The number of hydrogen-bond acceptors (Lipinski definition) is 4. The van der Waals surface area contributed by atoms with Gasteiger partial charge < -0.3 is 10.6 Å². The Hall–Kier alpha value is -5.56. The van der Waals surface area contributed by atoms with Gasteiger partial charge in [0.25, 0.3) is 5.69 Å². The lowest BCUT2D eigenvalue weighted by molar-refractivity contribution is -0.384. The second-order valence-corrected chi connectivity index (χ2v) is 9.81. The molecule has 0 saturated heterocycles. The highest BCUT2D eigenvalue weighted by Crippen LogP contribution is 2.28. The normalized spacial score (nSPS) is 10.9. The molecule has 2 amide bonds. The highest BCUT2D eigenvalue weighted by molar-refractivity contribution is 5.90. The number of carbonyl (C=O) groups excluding carboxylic acids is 2. The predicted octanol–water partition coefficient (Wildman–Crippen LogP) is 6.49. The maximum Gasteiger partial charge on any atom is 0.269 e. The third kappa shape index (κ3) is 6.59. The van der Waals surface area contributed by atoms with E-state index in [0.29, 0.717) is 5.56 Å². The number of non-ortho nitro benzene ring substituents is 1. The molecule has 0 saturated carbocycles. The largest absolute Gasteiger partial charge is 0.331 e. The summed E-state index contributed by atoms with van der Waals surface area (Å²) in [5.74, 6) is -1.95. The van der Waals surface area contributed by atoms with Gasteiger partial charge in [0.1, 0.15) is 6.17 Å². The summed E-state index contributed by atoms with van der Waals surface area (Å²) < 4.78 is 0.